The largest absolute Gasteiger partial charge is 0.493 e. The highest BCUT2D eigenvalue weighted by Crippen LogP contribution is 2.33. The molecule has 4 rings (SSSR count). The molecule has 0 amide bonds. The fourth-order valence-electron chi connectivity index (χ4n) is 4.26. The zero-order valence-electron chi connectivity index (χ0n) is 22.5. The number of fused-ring (bicyclic) bond motifs is 1. The monoisotopic (exact) mass is 545 g/mol. The van der Waals surface area contributed by atoms with Crippen molar-refractivity contribution >= 4 is 28.6 Å². The molecule has 2 aromatic heterocycles. The summed E-state index contributed by atoms with van der Waals surface area (Å²) in [6.07, 6.45) is 3.32. The minimum absolute atomic E-state index is 0.0556. The van der Waals surface area contributed by atoms with Crippen molar-refractivity contribution in [2.24, 2.45) is 0 Å². The number of aromatic nitrogens is 3. The zero-order valence-corrected chi connectivity index (χ0v) is 22.5. The summed E-state index contributed by atoms with van der Waals surface area (Å²) in [5.41, 5.74) is 13.2. The van der Waals surface area contributed by atoms with Crippen LogP contribution < -0.4 is 26.4 Å². The third-order valence-electron chi connectivity index (χ3n) is 6.19. The van der Waals surface area contributed by atoms with E-state index in [0.29, 0.717) is 41.1 Å². The van der Waals surface area contributed by atoms with Gasteiger partial charge in [0, 0.05) is 36.3 Å². The molecule has 0 unspecified atom stereocenters. The van der Waals surface area contributed by atoms with Crippen molar-refractivity contribution in [3.05, 3.63) is 80.5 Å². The number of nitrogens with two attached hydrogens (primary N) is 2. The topological polar surface area (TPSA) is 145 Å². The highest BCUT2D eigenvalue weighted by atomic mass is 19.1. The van der Waals surface area contributed by atoms with Crippen LogP contribution in [0.4, 0.5) is 16.2 Å². The van der Waals surface area contributed by atoms with Gasteiger partial charge in [-0.2, -0.15) is 4.98 Å². The highest BCUT2D eigenvalue weighted by molar-refractivity contribution is 5.94. The van der Waals surface area contributed by atoms with Gasteiger partial charge in [0.25, 0.3) is 0 Å². The van der Waals surface area contributed by atoms with Crippen LogP contribution in [0.1, 0.15) is 46.5 Å². The lowest BCUT2D eigenvalue weighted by molar-refractivity contribution is 0.0524. The summed E-state index contributed by atoms with van der Waals surface area (Å²) < 4.78 is 32.9. The summed E-state index contributed by atoms with van der Waals surface area (Å²) in [6.45, 7) is 4.02. The minimum Gasteiger partial charge on any atom is -0.493 e. The Morgan fingerprint density at radius 2 is 1.82 bits per heavy atom. The van der Waals surface area contributed by atoms with Crippen LogP contribution in [0.15, 0.2) is 41.5 Å². The number of nitrogen functional groups attached to an aromatic ring is 2. The molecule has 0 aliphatic carbocycles. The molecule has 10 nitrogen and oxygen atoms in total. The molecule has 2 heterocycles. The smallest absolute Gasteiger partial charge is 0.343 e. The van der Waals surface area contributed by atoms with Crippen molar-refractivity contribution in [2.75, 3.05) is 32.3 Å². The Balaban J connectivity index is 1.82. The number of aryl methyl sites for hydroxylation is 1. The molecule has 0 atom stereocenters. The number of benzene rings is 2. The van der Waals surface area contributed by atoms with Gasteiger partial charge in [0.1, 0.15) is 17.2 Å². The molecule has 0 saturated carbocycles. The molecule has 206 valence electrons. The third kappa shape index (κ3) is 5.51. The Morgan fingerprint density at radius 1 is 1.07 bits per heavy atom. The van der Waals surface area contributed by atoms with Crippen molar-refractivity contribution in [1.82, 2.24) is 14.5 Å². The number of halogens is 1. The Morgan fingerprint density at radius 3 is 2.48 bits per heavy atom. The molecular formula is C29H28FN5O5. The van der Waals surface area contributed by atoms with Crippen LogP contribution in [-0.4, -0.2) is 41.3 Å². The van der Waals surface area contributed by atoms with Crippen molar-refractivity contribution in [1.29, 1.82) is 0 Å². The number of hydrogen-bond donors (Lipinski definition) is 2. The average Bonchev–Trinajstić information content (AvgIpc) is 2.93. The van der Waals surface area contributed by atoms with E-state index < -0.39 is 17.2 Å². The summed E-state index contributed by atoms with van der Waals surface area (Å²) in [5.74, 6) is 5.46. The maximum Gasteiger partial charge on any atom is 0.343 e. The Kier molecular flexibility index (Phi) is 8.19. The van der Waals surface area contributed by atoms with E-state index >= 15 is 4.39 Å². The third-order valence-corrected chi connectivity index (χ3v) is 6.19. The van der Waals surface area contributed by atoms with Crippen LogP contribution in [0.3, 0.4) is 0 Å². The average molecular weight is 546 g/mol. The van der Waals surface area contributed by atoms with Crippen LogP contribution in [0.5, 0.6) is 11.5 Å². The van der Waals surface area contributed by atoms with Gasteiger partial charge < -0.3 is 30.2 Å². The number of pyridine rings is 1. The van der Waals surface area contributed by atoms with Gasteiger partial charge >= 0.3 is 5.97 Å². The van der Waals surface area contributed by atoms with Crippen LogP contribution in [-0.2, 0) is 17.7 Å². The first-order valence-corrected chi connectivity index (χ1v) is 12.4. The molecule has 4 N–H and O–H groups in total. The summed E-state index contributed by atoms with van der Waals surface area (Å²) in [4.78, 5) is 33.2. The molecule has 4 aromatic rings. The van der Waals surface area contributed by atoms with E-state index in [1.54, 1.807) is 29.8 Å². The number of carbonyl (C=O) groups is 1. The zero-order chi connectivity index (χ0) is 29.0. The molecule has 0 spiro atoms. The fourth-order valence-corrected chi connectivity index (χ4v) is 4.26. The molecule has 11 heteroatoms. The molecule has 0 aliphatic heterocycles. The van der Waals surface area contributed by atoms with E-state index in [0.717, 1.165) is 11.6 Å². The highest BCUT2D eigenvalue weighted by Gasteiger charge is 2.18. The molecule has 0 radical (unpaired) electrons. The van der Waals surface area contributed by atoms with Gasteiger partial charge in [-0.25, -0.2) is 14.2 Å². The quantitative estimate of drug-likeness (QED) is 0.264. The molecule has 40 heavy (non-hydrogen) atoms. The first-order valence-electron chi connectivity index (χ1n) is 12.4. The first-order chi connectivity index (χ1) is 19.2. The number of methoxy groups -OCH3 is 2. The van der Waals surface area contributed by atoms with E-state index in [9.17, 15) is 9.59 Å². The summed E-state index contributed by atoms with van der Waals surface area (Å²) in [7, 11) is 2.98. The standard InChI is InChI=1S/C29H28FN5O5/c1-5-35-15-21(28(37)40-6-2)25(36)20-13-22(30)17(12-23(20)35)7-8-18-9-16(11-24(38-3)26(18)39-4)10-19-14-33-29(32)34-27(19)31/h9,11-15H,5-6,10H2,1-4H3,(H4,31,32,33,34). The van der Waals surface area contributed by atoms with Gasteiger partial charge in [0.05, 0.1) is 37.5 Å². The SMILES string of the molecule is CCOC(=O)c1cn(CC)c2cc(C#Cc3cc(Cc4cnc(N)nc4N)cc(OC)c3OC)c(F)cc2c1=O. The van der Waals surface area contributed by atoms with E-state index in [-0.39, 0.29) is 34.9 Å². The van der Waals surface area contributed by atoms with Gasteiger partial charge in [-0.3, -0.25) is 4.79 Å². The number of nitrogens with zero attached hydrogens (tertiary/aromatic N) is 3. The summed E-state index contributed by atoms with van der Waals surface area (Å²) in [5, 5.41) is 0.0556. The van der Waals surface area contributed by atoms with E-state index in [2.05, 4.69) is 21.8 Å². The van der Waals surface area contributed by atoms with E-state index in [4.69, 9.17) is 25.7 Å². The molecule has 2 aromatic carbocycles. The normalized spacial score (nSPS) is 10.6. The lowest BCUT2D eigenvalue weighted by Crippen LogP contribution is -2.21. The molecular weight excluding hydrogens is 517 g/mol. The number of carbonyl (C=O) groups excluding carboxylic acids is 1. The number of anilines is 2. The van der Waals surface area contributed by atoms with E-state index in [1.165, 1.54) is 26.5 Å². The lowest BCUT2D eigenvalue weighted by atomic mass is 10.0. The van der Waals surface area contributed by atoms with Gasteiger partial charge in [-0.15, -0.1) is 0 Å². The Labute approximate surface area is 229 Å². The van der Waals surface area contributed by atoms with Crippen molar-refractivity contribution < 1.29 is 23.4 Å². The Hall–Kier alpha value is -5.11. The van der Waals surface area contributed by atoms with Gasteiger partial charge in [-0.05, 0) is 43.7 Å². The minimum atomic E-state index is -0.755. The predicted octanol–water partition coefficient (Wildman–Crippen LogP) is 3.30. The van der Waals surface area contributed by atoms with Crippen LogP contribution in [0, 0.1) is 17.7 Å². The number of rotatable bonds is 7. The summed E-state index contributed by atoms with van der Waals surface area (Å²) >= 11 is 0. The lowest BCUT2D eigenvalue weighted by Gasteiger charge is -2.13. The molecule has 0 saturated heterocycles. The van der Waals surface area contributed by atoms with Crippen LogP contribution >= 0.6 is 0 Å². The fraction of sp³-hybridized carbons (Fsp3) is 0.241. The maximum atomic E-state index is 15.2. The van der Waals surface area contributed by atoms with E-state index in [1.807, 2.05) is 6.92 Å². The van der Waals surface area contributed by atoms with Crippen molar-refractivity contribution in [2.45, 2.75) is 26.8 Å². The van der Waals surface area contributed by atoms with Crippen molar-refractivity contribution in [3.8, 4) is 23.3 Å². The van der Waals surface area contributed by atoms with Gasteiger partial charge in [0.15, 0.2) is 11.5 Å². The van der Waals surface area contributed by atoms with Crippen molar-refractivity contribution in [3.63, 3.8) is 0 Å². The van der Waals surface area contributed by atoms with Crippen LogP contribution in [0.25, 0.3) is 10.9 Å². The second-order valence-electron chi connectivity index (χ2n) is 8.67. The first kappa shape index (κ1) is 27.9. The molecule has 0 bridgehead atoms. The second-order valence-corrected chi connectivity index (χ2v) is 8.67. The maximum absolute atomic E-state index is 15.2. The van der Waals surface area contributed by atoms with Gasteiger partial charge in [-0.1, -0.05) is 11.8 Å². The number of hydrogen-bond acceptors (Lipinski definition) is 9. The predicted molar refractivity (Wildman–Crippen MR) is 149 cm³/mol. The number of esters is 1. The molecule has 0 aliphatic rings. The second kappa shape index (κ2) is 11.7. The summed E-state index contributed by atoms with van der Waals surface area (Å²) in [6, 6.07) is 6.13. The van der Waals surface area contributed by atoms with Gasteiger partial charge in [0.2, 0.25) is 11.4 Å². The van der Waals surface area contributed by atoms with Crippen LogP contribution in [0.2, 0.25) is 0 Å². The number of ether oxygens (including phenoxy) is 3. The molecule has 0 fully saturated rings. The Bertz CT molecular complexity index is 1740.